The maximum Gasteiger partial charge on any atom is 0.401 e. The van der Waals surface area contributed by atoms with Crippen molar-refractivity contribution in [1.82, 2.24) is 14.8 Å². The summed E-state index contributed by atoms with van der Waals surface area (Å²) in [7, 11) is 0. The molecule has 1 aromatic heterocycles. The van der Waals surface area contributed by atoms with Gasteiger partial charge in [-0.25, -0.2) is 14.1 Å². The lowest BCUT2D eigenvalue weighted by molar-refractivity contribution is -0.177. The second-order valence-corrected chi connectivity index (χ2v) is 7.32. The molecule has 0 bridgehead atoms. The number of hydrogen-bond acceptors (Lipinski definition) is 5. The van der Waals surface area contributed by atoms with Gasteiger partial charge in [-0.2, -0.15) is 23.5 Å². The molecule has 0 fully saturated rings. The van der Waals surface area contributed by atoms with Gasteiger partial charge in [-0.1, -0.05) is 34.4 Å². The second-order valence-electron chi connectivity index (χ2n) is 6.50. The summed E-state index contributed by atoms with van der Waals surface area (Å²) in [4.78, 5) is 8.87. The van der Waals surface area contributed by atoms with E-state index in [1.165, 1.54) is 35.5 Å². The summed E-state index contributed by atoms with van der Waals surface area (Å²) >= 11 is 11.5. The van der Waals surface area contributed by atoms with Crippen LogP contribution in [0, 0.1) is 23.1 Å². The Bertz CT molecular complexity index is 1200. The first-order valence-corrected chi connectivity index (χ1v) is 9.30. The highest BCUT2D eigenvalue weighted by Crippen LogP contribution is 2.46. The second kappa shape index (κ2) is 7.83. The highest BCUT2D eigenvalue weighted by atomic mass is 35.5. The predicted octanol–water partition coefficient (Wildman–Crippen LogP) is 5.24. The van der Waals surface area contributed by atoms with E-state index >= 15 is 0 Å². The zero-order valence-electron chi connectivity index (χ0n) is 15.1. The van der Waals surface area contributed by atoms with Gasteiger partial charge in [-0.15, -0.1) is 0 Å². The average molecular weight is 470 g/mol. The van der Waals surface area contributed by atoms with Gasteiger partial charge in [0.25, 0.3) is 0 Å². The Morgan fingerprint density at radius 3 is 2.42 bits per heavy atom. The fraction of sp³-hybridized carbons (Fsp3) is 0.158. The maximum absolute atomic E-state index is 14.0. The Labute approximate surface area is 182 Å². The Kier molecular flexibility index (Phi) is 5.33. The standard InChI is InChI=1S/C19H9Cl2F4N5O/c20-12-4-10(5-13(21)16(12)22)18-15(19(23,24)25)17(29-31-18)9-1-2-14(11(3-9)6-26)30-8-27-7-28-30/h1-5,7-8,15,18H. The minimum absolute atomic E-state index is 0.0320. The van der Waals surface area contributed by atoms with Gasteiger partial charge in [0.15, 0.2) is 11.9 Å². The van der Waals surface area contributed by atoms with Crippen LogP contribution in [-0.4, -0.2) is 26.7 Å². The van der Waals surface area contributed by atoms with Gasteiger partial charge in [0.2, 0.25) is 0 Å². The van der Waals surface area contributed by atoms with E-state index in [0.29, 0.717) is 5.69 Å². The number of hydrogen-bond donors (Lipinski definition) is 0. The van der Waals surface area contributed by atoms with Crippen molar-refractivity contribution < 1.29 is 22.4 Å². The lowest BCUT2D eigenvalue weighted by Crippen LogP contribution is -2.33. The smallest absolute Gasteiger partial charge is 0.386 e. The van der Waals surface area contributed by atoms with Crippen LogP contribution >= 0.6 is 23.2 Å². The number of rotatable bonds is 3. The minimum Gasteiger partial charge on any atom is -0.386 e. The Hall–Kier alpha value is -3.16. The van der Waals surface area contributed by atoms with E-state index in [1.54, 1.807) is 0 Å². The number of oxime groups is 1. The van der Waals surface area contributed by atoms with Gasteiger partial charge in [-0.3, -0.25) is 0 Å². The van der Waals surface area contributed by atoms with E-state index < -0.39 is 39.8 Å². The molecule has 2 unspecified atom stereocenters. The molecule has 158 valence electrons. The summed E-state index contributed by atoms with van der Waals surface area (Å²) in [5.41, 5.74) is -0.0964. The van der Waals surface area contributed by atoms with Crippen LogP contribution in [0.2, 0.25) is 10.0 Å². The number of alkyl halides is 3. The number of halogens is 6. The zero-order chi connectivity index (χ0) is 22.3. The fourth-order valence-electron chi connectivity index (χ4n) is 3.24. The number of aromatic nitrogens is 3. The molecule has 2 aromatic carbocycles. The summed E-state index contributed by atoms with van der Waals surface area (Å²) in [6.45, 7) is 0. The topological polar surface area (TPSA) is 76.1 Å². The molecule has 0 spiro atoms. The molecule has 1 aliphatic rings. The van der Waals surface area contributed by atoms with E-state index in [-0.39, 0.29) is 16.7 Å². The minimum atomic E-state index is -4.77. The Morgan fingerprint density at radius 1 is 1.13 bits per heavy atom. The predicted molar refractivity (Wildman–Crippen MR) is 102 cm³/mol. The maximum atomic E-state index is 14.0. The van der Waals surface area contributed by atoms with Crippen molar-refractivity contribution in [2.45, 2.75) is 12.3 Å². The fourth-order valence-corrected chi connectivity index (χ4v) is 3.75. The summed E-state index contributed by atoms with van der Waals surface area (Å²) in [6.07, 6.45) is -3.80. The van der Waals surface area contributed by atoms with Crippen LogP contribution in [0.1, 0.15) is 22.8 Å². The molecule has 3 aromatic rings. The summed E-state index contributed by atoms with van der Waals surface area (Å²) in [6, 6.07) is 8.00. The highest BCUT2D eigenvalue weighted by Gasteiger charge is 2.53. The third-order valence-corrected chi connectivity index (χ3v) is 5.18. The van der Waals surface area contributed by atoms with Crippen molar-refractivity contribution >= 4 is 28.9 Å². The molecule has 0 amide bonds. The summed E-state index contributed by atoms with van der Waals surface area (Å²) in [5.74, 6) is -3.15. The molecular weight excluding hydrogens is 461 g/mol. The molecule has 1 aliphatic heterocycles. The van der Waals surface area contributed by atoms with E-state index in [1.807, 2.05) is 6.07 Å². The van der Waals surface area contributed by atoms with Crippen molar-refractivity contribution in [3.8, 4) is 11.8 Å². The third kappa shape index (κ3) is 3.82. The molecule has 0 aliphatic carbocycles. The van der Waals surface area contributed by atoms with Crippen LogP contribution in [0.25, 0.3) is 5.69 Å². The molecule has 12 heteroatoms. The summed E-state index contributed by atoms with van der Waals surface area (Å²) in [5, 5.41) is 16.1. The molecule has 2 atom stereocenters. The average Bonchev–Trinajstić information content (AvgIpc) is 3.40. The highest BCUT2D eigenvalue weighted by molar-refractivity contribution is 6.35. The Morgan fingerprint density at radius 2 is 1.84 bits per heavy atom. The summed E-state index contributed by atoms with van der Waals surface area (Å²) < 4.78 is 57.0. The number of nitriles is 1. The van der Waals surface area contributed by atoms with Gasteiger partial charge < -0.3 is 4.84 Å². The molecule has 31 heavy (non-hydrogen) atoms. The van der Waals surface area contributed by atoms with E-state index in [9.17, 15) is 22.8 Å². The quantitative estimate of drug-likeness (QED) is 0.388. The molecule has 0 N–H and O–H groups in total. The van der Waals surface area contributed by atoms with Crippen LogP contribution in [0.3, 0.4) is 0 Å². The first-order chi connectivity index (χ1) is 14.7. The Balaban J connectivity index is 1.76. The van der Waals surface area contributed by atoms with Crippen molar-refractivity contribution in [2.24, 2.45) is 11.1 Å². The first-order valence-electron chi connectivity index (χ1n) is 8.55. The molecule has 0 saturated heterocycles. The molecule has 6 nitrogen and oxygen atoms in total. The van der Waals surface area contributed by atoms with E-state index in [2.05, 4.69) is 15.2 Å². The van der Waals surface area contributed by atoms with Crippen molar-refractivity contribution in [1.29, 1.82) is 5.26 Å². The molecule has 4 rings (SSSR count). The normalized spacial score (nSPS) is 18.4. The van der Waals surface area contributed by atoms with E-state index in [0.717, 1.165) is 12.1 Å². The van der Waals surface area contributed by atoms with Crippen LogP contribution in [-0.2, 0) is 4.84 Å². The van der Waals surface area contributed by atoms with Gasteiger partial charge in [0.05, 0.1) is 21.3 Å². The van der Waals surface area contributed by atoms with Gasteiger partial charge in [-0.05, 0) is 29.8 Å². The van der Waals surface area contributed by atoms with Crippen LogP contribution < -0.4 is 0 Å². The lowest BCUT2D eigenvalue weighted by atomic mass is 9.87. The lowest BCUT2D eigenvalue weighted by Gasteiger charge is -2.22. The molecule has 0 saturated carbocycles. The van der Waals surface area contributed by atoms with Crippen LogP contribution in [0.5, 0.6) is 0 Å². The molecule has 0 radical (unpaired) electrons. The zero-order valence-corrected chi connectivity index (χ0v) is 16.6. The van der Waals surface area contributed by atoms with Crippen molar-refractivity contribution in [3.63, 3.8) is 0 Å². The van der Waals surface area contributed by atoms with Crippen LogP contribution in [0.4, 0.5) is 17.6 Å². The number of benzene rings is 2. The van der Waals surface area contributed by atoms with Gasteiger partial charge >= 0.3 is 6.18 Å². The van der Waals surface area contributed by atoms with Crippen molar-refractivity contribution in [3.05, 3.63) is 75.5 Å². The van der Waals surface area contributed by atoms with Crippen LogP contribution in [0.15, 0.2) is 48.1 Å². The first kappa shape index (κ1) is 21.1. The largest absolute Gasteiger partial charge is 0.401 e. The third-order valence-electron chi connectivity index (χ3n) is 4.63. The molecule has 2 heterocycles. The van der Waals surface area contributed by atoms with Crippen molar-refractivity contribution in [2.75, 3.05) is 0 Å². The van der Waals surface area contributed by atoms with Gasteiger partial charge in [0, 0.05) is 5.56 Å². The SMILES string of the molecule is N#Cc1cc(C2=NOC(c3cc(Cl)c(F)c(Cl)c3)C2C(F)(F)F)ccc1-n1cncn1. The molecular formula is C19H9Cl2F4N5O. The number of nitrogens with zero attached hydrogens (tertiary/aromatic N) is 5. The van der Waals surface area contributed by atoms with Gasteiger partial charge in [0.1, 0.15) is 30.4 Å². The monoisotopic (exact) mass is 469 g/mol. The van der Waals surface area contributed by atoms with E-state index in [4.69, 9.17) is 28.0 Å².